The third-order valence-corrected chi connectivity index (χ3v) is 3.18. The van der Waals surface area contributed by atoms with Crippen LogP contribution < -0.4 is 9.80 Å². The second-order valence-electron chi connectivity index (χ2n) is 4.98. The molecule has 0 saturated carbocycles. The van der Waals surface area contributed by atoms with Gasteiger partial charge in [-0.2, -0.15) is 15.0 Å². The molecule has 1 rings (SSSR count). The Hall–Kier alpha value is -1.10. The van der Waals surface area contributed by atoms with Crippen molar-refractivity contribution in [3.05, 3.63) is 5.28 Å². The molecular formula is C13H24ClN5. The number of rotatable bonds is 7. The molecule has 0 spiro atoms. The Bertz CT molecular complexity index is 393. The highest BCUT2D eigenvalue weighted by molar-refractivity contribution is 6.28. The highest BCUT2D eigenvalue weighted by Gasteiger charge is 2.13. The first-order chi connectivity index (χ1) is 8.97. The molecule has 5 nitrogen and oxygen atoms in total. The molecule has 1 aromatic heterocycles. The van der Waals surface area contributed by atoms with Crippen molar-refractivity contribution in [2.24, 2.45) is 5.92 Å². The lowest BCUT2D eigenvalue weighted by molar-refractivity contribution is 0.581. The molecule has 0 radical (unpaired) electrons. The average Bonchev–Trinajstić information content (AvgIpc) is 2.36. The fraction of sp³-hybridized carbons (Fsp3) is 0.769. The average molecular weight is 286 g/mol. The van der Waals surface area contributed by atoms with Crippen LogP contribution in [0.5, 0.6) is 0 Å². The van der Waals surface area contributed by atoms with Crippen LogP contribution in [0.3, 0.4) is 0 Å². The summed E-state index contributed by atoms with van der Waals surface area (Å²) in [6.07, 6.45) is 1.10. The normalized spacial score (nSPS) is 10.9. The number of anilines is 2. The van der Waals surface area contributed by atoms with Crippen LogP contribution in [0.2, 0.25) is 5.28 Å². The highest BCUT2D eigenvalue weighted by atomic mass is 35.5. The van der Waals surface area contributed by atoms with Gasteiger partial charge in [0.1, 0.15) is 0 Å². The number of halogens is 1. The predicted octanol–water partition coefficient (Wildman–Crippen LogP) is 2.85. The molecule has 0 amide bonds. The zero-order valence-corrected chi connectivity index (χ0v) is 13.3. The lowest BCUT2D eigenvalue weighted by Gasteiger charge is -2.22. The summed E-state index contributed by atoms with van der Waals surface area (Å²) in [5.74, 6) is 1.95. The number of aromatic nitrogens is 3. The summed E-state index contributed by atoms with van der Waals surface area (Å²) in [6.45, 7) is 11.2. The van der Waals surface area contributed by atoms with Crippen molar-refractivity contribution >= 4 is 23.5 Å². The second kappa shape index (κ2) is 7.48. The monoisotopic (exact) mass is 285 g/mol. The molecule has 108 valence electrons. The molecule has 1 aromatic rings. The Morgan fingerprint density at radius 1 is 1.05 bits per heavy atom. The Morgan fingerprint density at radius 2 is 1.63 bits per heavy atom. The van der Waals surface area contributed by atoms with E-state index in [1.54, 1.807) is 0 Å². The second-order valence-corrected chi connectivity index (χ2v) is 5.32. The van der Waals surface area contributed by atoms with Gasteiger partial charge in [-0.15, -0.1) is 0 Å². The molecule has 0 aliphatic carbocycles. The Balaban J connectivity index is 2.89. The number of nitrogens with zero attached hydrogens (tertiary/aromatic N) is 5. The molecule has 0 fully saturated rings. The van der Waals surface area contributed by atoms with Crippen LogP contribution >= 0.6 is 11.6 Å². The van der Waals surface area contributed by atoms with E-state index in [9.17, 15) is 0 Å². The summed E-state index contributed by atoms with van der Waals surface area (Å²) >= 11 is 6.00. The molecule has 0 N–H and O–H groups in total. The minimum absolute atomic E-state index is 0.253. The van der Waals surface area contributed by atoms with Gasteiger partial charge in [0, 0.05) is 26.7 Å². The molecule has 0 saturated heterocycles. The summed E-state index contributed by atoms with van der Waals surface area (Å²) in [7, 11) is 1.99. The molecule has 19 heavy (non-hydrogen) atoms. The molecule has 6 heteroatoms. The Morgan fingerprint density at radius 3 is 2.16 bits per heavy atom. The Kier molecular flexibility index (Phi) is 6.28. The van der Waals surface area contributed by atoms with Crippen LogP contribution in [-0.4, -0.2) is 41.6 Å². The van der Waals surface area contributed by atoms with Gasteiger partial charge >= 0.3 is 0 Å². The van der Waals surface area contributed by atoms with Crippen LogP contribution in [0.1, 0.15) is 34.1 Å². The van der Waals surface area contributed by atoms with Crippen LogP contribution in [0.15, 0.2) is 0 Å². The minimum Gasteiger partial charge on any atom is -0.344 e. The van der Waals surface area contributed by atoms with Crippen LogP contribution in [0.4, 0.5) is 11.9 Å². The van der Waals surface area contributed by atoms with E-state index >= 15 is 0 Å². The first-order valence-corrected chi connectivity index (χ1v) is 7.23. The van der Waals surface area contributed by atoms with Gasteiger partial charge in [-0.3, -0.25) is 0 Å². The van der Waals surface area contributed by atoms with Crippen molar-refractivity contribution in [3.63, 3.8) is 0 Å². The summed E-state index contributed by atoms with van der Waals surface area (Å²) < 4.78 is 0. The van der Waals surface area contributed by atoms with Crippen molar-refractivity contribution in [1.29, 1.82) is 0 Å². The van der Waals surface area contributed by atoms with Gasteiger partial charge in [-0.05, 0) is 37.8 Å². The summed E-state index contributed by atoms with van der Waals surface area (Å²) in [5.41, 5.74) is 0. The predicted molar refractivity (Wildman–Crippen MR) is 81.1 cm³/mol. The van der Waals surface area contributed by atoms with E-state index in [4.69, 9.17) is 11.6 Å². The topological polar surface area (TPSA) is 45.2 Å². The molecular weight excluding hydrogens is 262 g/mol. The van der Waals surface area contributed by atoms with Crippen molar-refractivity contribution in [2.45, 2.75) is 34.1 Å². The molecule has 0 bridgehead atoms. The van der Waals surface area contributed by atoms with Gasteiger partial charge in [0.05, 0.1) is 0 Å². The Labute approximate surface area is 121 Å². The lowest BCUT2D eigenvalue weighted by Crippen LogP contribution is -2.27. The standard InChI is InChI=1S/C13H24ClN5/c1-6-19(7-2)13-16-11(14)15-12(17-13)18(5)9-8-10(3)4/h10H,6-9H2,1-5H3. The molecule has 0 aliphatic rings. The van der Waals surface area contributed by atoms with E-state index in [0.717, 1.165) is 26.1 Å². The summed E-state index contributed by atoms with van der Waals surface area (Å²) in [6, 6.07) is 0. The van der Waals surface area contributed by atoms with Crippen LogP contribution in [0, 0.1) is 5.92 Å². The molecule has 0 unspecified atom stereocenters. The van der Waals surface area contributed by atoms with Crippen molar-refractivity contribution in [2.75, 3.05) is 36.5 Å². The van der Waals surface area contributed by atoms with Gasteiger partial charge in [-0.1, -0.05) is 13.8 Å². The maximum Gasteiger partial charge on any atom is 0.231 e. The van der Waals surface area contributed by atoms with Crippen molar-refractivity contribution in [3.8, 4) is 0 Å². The number of hydrogen-bond donors (Lipinski definition) is 0. The van der Waals surface area contributed by atoms with E-state index in [1.165, 1.54) is 0 Å². The zero-order chi connectivity index (χ0) is 14.4. The zero-order valence-electron chi connectivity index (χ0n) is 12.5. The number of hydrogen-bond acceptors (Lipinski definition) is 5. The summed E-state index contributed by atoms with van der Waals surface area (Å²) in [5, 5.41) is 0.253. The minimum atomic E-state index is 0.253. The largest absolute Gasteiger partial charge is 0.344 e. The first kappa shape index (κ1) is 16.0. The fourth-order valence-corrected chi connectivity index (χ4v) is 1.85. The van der Waals surface area contributed by atoms with Crippen molar-refractivity contribution < 1.29 is 0 Å². The summed E-state index contributed by atoms with van der Waals surface area (Å²) in [4.78, 5) is 17.0. The third-order valence-electron chi connectivity index (χ3n) is 3.01. The lowest BCUT2D eigenvalue weighted by atomic mass is 10.1. The van der Waals surface area contributed by atoms with Crippen molar-refractivity contribution in [1.82, 2.24) is 15.0 Å². The fourth-order valence-electron chi connectivity index (χ4n) is 1.70. The quantitative estimate of drug-likeness (QED) is 0.771. The van der Waals surface area contributed by atoms with Gasteiger partial charge in [-0.25, -0.2) is 0 Å². The molecule has 1 heterocycles. The van der Waals surface area contributed by atoms with Crippen LogP contribution in [0.25, 0.3) is 0 Å². The van der Waals surface area contributed by atoms with Gasteiger partial charge < -0.3 is 9.80 Å². The van der Waals surface area contributed by atoms with E-state index in [2.05, 4.69) is 47.5 Å². The molecule has 0 atom stereocenters. The van der Waals surface area contributed by atoms with Gasteiger partial charge in [0.25, 0.3) is 0 Å². The molecule has 0 aliphatic heterocycles. The molecule has 0 aromatic carbocycles. The van der Waals surface area contributed by atoms with E-state index in [1.807, 2.05) is 11.9 Å². The van der Waals surface area contributed by atoms with Gasteiger partial charge in [0.15, 0.2) is 0 Å². The van der Waals surface area contributed by atoms with E-state index in [0.29, 0.717) is 17.8 Å². The maximum absolute atomic E-state index is 6.00. The highest BCUT2D eigenvalue weighted by Crippen LogP contribution is 2.16. The smallest absolute Gasteiger partial charge is 0.231 e. The SMILES string of the molecule is CCN(CC)c1nc(Cl)nc(N(C)CCC(C)C)n1. The maximum atomic E-state index is 6.00. The van der Waals surface area contributed by atoms with Gasteiger partial charge in [0.2, 0.25) is 17.2 Å². The first-order valence-electron chi connectivity index (χ1n) is 6.85. The van der Waals surface area contributed by atoms with E-state index in [-0.39, 0.29) is 5.28 Å². The third kappa shape index (κ3) is 4.82. The van der Waals surface area contributed by atoms with Crippen LogP contribution in [-0.2, 0) is 0 Å². The van der Waals surface area contributed by atoms with E-state index < -0.39 is 0 Å².